The second kappa shape index (κ2) is 7.42. The van der Waals surface area contributed by atoms with Gasteiger partial charge in [-0.25, -0.2) is 0 Å². The van der Waals surface area contributed by atoms with Crippen molar-refractivity contribution in [3.05, 3.63) is 11.8 Å². The van der Waals surface area contributed by atoms with Gasteiger partial charge in [0.25, 0.3) is 5.91 Å². The van der Waals surface area contributed by atoms with E-state index in [1.807, 2.05) is 34.6 Å². The Hall–Kier alpha value is -1.44. The van der Waals surface area contributed by atoms with Crippen LogP contribution in [0.3, 0.4) is 0 Å². The Balaban J connectivity index is 2.91. The molecular weight excluding hydrogens is 300 g/mol. The largest absolute Gasteiger partial charge is 0.371 e. The van der Waals surface area contributed by atoms with E-state index in [2.05, 4.69) is 10.5 Å². The Morgan fingerprint density at radius 3 is 2.09 bits per heavy atom. The number of hydrogen-bond donors (Lipinski definition) is 1. The maximum absolute atomic E-state index is 12.6. The second-order valence-corrected chi connectivity index (χ2v) is 7.06. The third kappa shape index (κ3) is 4.53. The summed E-state index contributed by atoms with van der Waals surface area (Å²) in [6.07, 6.45) is -1.39. The summed E-state index contributed by atoms with van der Waals surface area (Å²) in [7, 11) is 4.51. The number of hydrogen-bond acceptors (Lipinski definition) is 6. The fourth-order valence-electron chi connectivity index (χ4n) is 2.46. The first kappa shape index (κ1) is 19.6. The summed E-state index contributed by atoms with van der Waals surface area (Å²) in [5, 5.41) is 6.60. The highest BCUT2D eigenvalue weighted by molar-refractivity contribution is 5.94. The van der Waals surface area contributed by atoms with Gasteiger partial charge in [0, 0.05) is 32.8 Å². The average Bonchev–Trinajstić information content (AvgIpc) is 2.88. The van der Waals surface area contributed by atoms with Crippen LogP contribution in [0.25, 0.3) is 0 Å². The normalized spacial score (nSPS) is 14.1. The number of methoxy groups -OCH3 is 3. The van der Waals surface area contributed by atoms with Gasteiger partial charge in [-0.15, -0.1) is 0 Å². The third-order valence-electron chi connectivity index (χ3n) is 3.69. The van der Waals surface area contributed by atoms with Gasteiger partial charge >= 0.3 is 0 Å². The average molecular weight is 328 g/mol. The summed E-state index contributed by atoms with van der Waals surface area (Å²) in [6.45, 7) is 9.68. The summed E-state index contributed by atoms with van der Waals surface area (Å²) >= 11 is 0. The van der Waals surface area contributed by atoms with Crippen LogP contribution in [0.4, 0.5) is 5.82 Å². The monoisotopic (exact) mass is 328 g/mol. The molecule has 1 aromatic heterocycles. The fraction of sp³-hybridized carbons (Fsp3) is 0.750. The molecular formula is C16H28N2O5. The van der Waals surface area contributed by atoms with Gasteiger partial charge in [0.2, 0.25) is 0 Å². The topological polar surface area (TPSA) is 82.8 Å². The number of nitrogens with zero attached hydrogens (tertiary/aromatic N) is 1. The lowest BCUT2D eigenvalue weighted by Crippen LogP contribution is -2.49. The van der Waals surface area contributed by atoms with Crippen LogP contribution in [0.5, 0.6) is 0 Å². The van der Waals surface area contributed by atoms with E-state index in [0.29, 0.717) is 11.6 Å². The van der Waals surface area contributed by atoms with E-state index in [9.17, 15) is 4.79 Å². The summed E-state index contributed by atoms with van der Waals surface area (Å²) in [5.41, 5.74) is -0.897. The molecule has 1 unspecified atom stereocenters. The number of ether oxygens (including phenoxy) is 3. The molecule has 0 radical (unpaired) electrons. The van der Waals surface area contributed by atoms with Gasteiger partial charge in [0.15, 0.2) is 12.1 Å². The zero-order chi connectivity index (χ0) is 17.8. The number of carbonyl (C=O) groups is 1. The summed E-state index contributed by atoms with van der Waals surface area (Å²) in [5.74, 6) is 0.696. The summed E-state index contributed by atoms with van der Waals surface area (Å²) in [4.78, 5) is 12.6. The number of nitrogens with one attached hydrogen (secondary N) is 1. The van der Waals surface area contributed by atoms with E-state index in [1.54, 1.807) is 6.07 Å². The minimum atomic E-state index is -0.790. The molecule has 1 amide bonds. The quantitative estimate of drug-likeness (QED) is 0.775. The molecule has 7 heteroatoms. The smallest absolute Gasteiger partial charge is 0.255 e. The van der Waals surface area contributed by atoms with E-state index < -0.39 is 17.8 Å². The first-order chi connectivity index (χ1) is 10.6. The van der Waals surface area contributed by atoms with Crippen molar-refractivity contribution >= 4 is 11.7 Å². The Kier molecular flexibility index (Phi) is 6.33. The van der Waals surface area contributed by atoms with E-state index in [1.165, 1.54) is 21.3 Å². The number of amides is 1. The SMILES string of the molecule is COC(OC)C(C)(C)C(OC)C(=O)Nc1cc(C(C)(C)C)on1. The molecule has 1 N–H and O–H groups in total. The second-order valence-electron chi connectivity index (χ2n) is 7.06. The molecule has 23 heavy (non-hydrogen) atoms. The van der Waals surface area contributed by atoms with Crippen LogP contribution in [-0.4, -0.2) is 44.8 Å². The van der Waals surface area contributed by atoms with E-state index >= 15 is 0 Å². The van der Waals surface area contributed by atoms with E-state index in [-0.39, 0.29) is 11.3 Å². The minimum absolute atomic E-state index is 0.187. The number of aromatic nitrogens is 1. The maximum Gasteiger partial charge on any atom is 0.255 e. The minimum Gasteiger partial charge on any atom is -0.371 e. The Morgan fingerprint density at radius 2 is 1.70 bits per heavy atom. The Bertz CT molecular complexity index is 515. The molecule has 0 saturated heterocycles. The molecule has 0 aromatic carbocycles. The zero-order valence-electron chi connectivity index (χ0n) is 15.2. The van der Waals surface area contributed by atoms with Crippen LogP contribution in [0.2, 0.25) is 0 Å². The molecule has 0 aliphatic carbocycles. The molecule has 1 rings (SSSR count). The standard InChI is InChI=1S/C16H28N2O5/c1-15(2,3)10-9-11(18-23-10)17-13(19)12(20-6)16(4,5)14(21-7)22-8/h9,12,14H,1-8H3,(H,17,18,19). The predicted molar refractivity (Wildman–Crippen MR) is 86.2 cm³/mol. The molecule has 0 aliphatic heterocycles. The lowest BCUT2D eigenvalue weighted by molar-refractivity contribution is -0.201. The summed E-state index contributed by atoms with van der Waals surface area (Å²) < 4.78 is 21.2. The highest BCUT2D eigenvalue weighted by Crippen LogP contribution is 2.31. The van der Waals surface area contributed by atoms with Crippen molar-refractivity contribution in [3.63, 3.8) is 0 Å². The molecule has 7 nitrogen and oxygen atoms in total. The van der Waals surface area contributed by atoms with Crippen LogP contribution < -0.4 is 5.32 Å². The van der Waals surface area contributed by atoms with E-state index in [4.69, 9.17) is 18.7 Å². The van der Waals surface area contributed by atoms with Crippen molar-refractivity contribution < 1.29 is 23.5 Å². The maximum atomic E-state index is 12.6. The zero-order valence-corrected chi connectivity index (χ0v) is 15.2. The van der Waals surface area contributed by atoms with Crippen molar-refractivity contribution in [3.8, 4) is 0 Å². The van der Waals surface area contributed by atoms with Crippen LogP contribution >= 0.6 is 0 Å². The van der Waals surface area contributed by atoms with Crippen molar-refractivity contribution in [2.75, 3.05) is 26.6 Å². The lowest BCUT2D eigenvalue weighted by Gasteiger charge is -2.36. The molecule has 1 atom stereocenters. The van der Waals surface area contributed by atoms with Crippen LogP contribution in [-0.2, 0) is 24.4 Å². The molecule has 0 aliphatic rings. The molecule has 0 saturated carbocycles. The summed E-state index contributed by atoms with van der Waals surface area (Å²) in [6, 6.07) is 1.71. The van der Waals surface area contributed by atoms with Crippen molar-refractivity contribution in [2.45, 2.75) is 52.4 Å². The van der Waals surface area contributed by atoms with E-state index in [0.717, 1.165) is 0 Å². The third-order valence-corrected chi connectivity index (χ3v) is 3.69. The van der Waals surface area contributed by atoms with Gasteiger partial charge in [-0.1, -0.05) is 39.8 Å². The lowest BCUT2D eigenvalue weighted by atomic mass is 9.84. The predicted octanol–water partition coefficient (Wildman–Crippen LogP) is 2.57. The van der Waals surface area contributed by atoms with Gasteiger partial charge in [0.05, 0.1) is 5.41 Å². The molecule has 1 heterocycles. The number of carbonyl (C=O) groups excluding carboxylic acids is 1. The van der Waals surface area contributed by atoms with Gasteiger partial charge in [-0.2, -0.15) is 0 Å². The van der Waals surface area contributed by atoms with Gasteiger partial charge in [-0.05, 0) is 0 Å². The first-order valence-electron chi connectivity index (χ1n) is 7.44. The molecule has 0 spiro atoms. The Labute approximate surface area is 137 Å². The van der Waals surface area contributed by atoms with Gasteiger partial charge in [0.1, 0.15) is 11.9 Å². The van der Waals surface area contributed by atoms with Crippen molar-refractivity contribution in [1.82, 2.24) is 5.16 Å². The van der Waals surface area contributed by atoms with Crippen LogP contribution in [0, 0.1) is 5.41 Å². The fourth-order valence-corrected chi connectivity index (χ4v) is 2.46. The molecule has 0 fully saturated rings. The number of rotatable bonds is 7. The van der Waals surface area contributed by atoms with Gasteiger partial charge in [-0.3, -0.25) is 4.79 Å². The molecule has 0 bridgehead atoms. The van der Waals surface area contributed by atoms with Crippen LogP contribution in [0.1, 0.15) is 40.4 Å². The van der Waals surface area contributed by atoms with Crippen molar-refractivity contribution in [2.24, 2.45) is 5.41 Å². The number of anilines is 1. The molecule has 132 valence electrons. The highest BCUT2D eigenvalue weighted by atomic mass is 16.7. The van der Waals surface area contributed by atoms with Crippen molar-refractivity contribution in [1.29, 1.82) is 0 Å². The Morgan fingerprint density at radius 1 is 1.13 bits per heavy atom. The van der Waals surface area contributed by atoms with Gasteiger partial charge < -0.3 is 24.1 Å². The van der Waals surface area contributed by atoms with Crippen LogP contribution in [0.15, 0.2) is 10.6 Å². The molecule has 1 aromatic rings. The highest BCUT2D eigenvalue weighted by Gasteiger charge is 2.43. The first-order valence-corrected chi connectivity index (χ1v) is 7.44.